The summed E-state index contributed by atoms with van der Waals surface area (Å²) in [6, 6.07) is 20.4. The van der Waals surface area contributed by atoms with E-state index in [0.717, 1.165) is 30.8 Å². The predicted molar refractivity (Wildman–Crippen MR) is 152 cm³/mol. The molecule has 1 aliphatic heterocycles. The van der Waals surface area contributed by atoms with Gasteiger partial charge in [-0.05, 0) is 79.7 Å². The average molecular weight is 552 g/mol. The number of primary amides is 1. The molecule has 198 valence electrons. The number of carbonyl (C=O) groups is 2. The van der Waals surface area contributed by atoms with E-state index >= 15 is 0 Å². The zero-order valence-corrected chi connectivity index (χ0v) is 22.9. The van der Waals surface area contributed by atoms with Crippen molar-refractivity contribution in [2.24, 2.45) is 5.73 Å². The summed E-state index contributed by atoms with van der Waals surface area (Å²) in [6.45, 7) is 4.22. The van der Waals surface area contributed by atoms with Crippen molar-refractivity contribution in [1.82, 2.24) is 9.88 Å². The lowest BCUT2D eigenvalue weighted by Gasteiger charge is -2.41. The number of hydrogen-bond acceptors (Lipinski definition) is 5. The zero-order chi connectivity index (χ0) is 27.3. The quantitative estimate of drug-likeness (QED) is 0.244. The molecular weight excluding hydrogens is 519 g/mol. The largest absolute Gasteiger partial charge is 0.369 e. The third kappa shape index (κ3) is 5.98. The van der Waals surface area contributed by atoms with Crippen LogP contribution in [0.15, 0.2) is 72.9 Å². The molecule has 0 spiro atoms. The number of carbonyl (C=O) groups excluding carboxylic acids is 2. The topological polar surface area (TPSA) is 100 Å². The number of halogens is 2. The van der Waals surface area contributed by atoms with Gasteiger partial charge in [0, 0.05) is 12.6 Å². The number of pyridine rings is 1. The van der Waals surface area contributed by atoms with Crippen molar-refractivity contribution in [3.63, 3.8) is 0 Å². The Labute approximate surface area is 233 Å². The number of nitrogens with two attached hydrogens (primary N) is 1. The number of nitrogens with zero attached hydrogens (tertiary/aromatic N) is 2. The standard InChI is InChI=1S/C30H32Cl2N4O2/c1-29(22-10-11-23(31)24(32)19-22,20-25(33)27(37)26-9-5-6-15-35-26)12-16-36-17-13-30(14-18-36,28(34)38)21-7-3-2-4-8-21/h2-11,15,19,33H,12-14,16-18,20H2,1H3,(H2,34,38). The Kier molecular flexibility index (Phi) is 8.66. The molecule has 4 rings (SSSR count). The molecule has 0 bridgehead atoms. The summed E-state index contributed by atoms with van der Waals surface area (Å²) in [5.74, 6) is -0.672. The van der Waals surface area contributed by atoms with E-state index in [1.807, 2.05) is 42.5 Å². The van der Waals surface area contributed by atoms with Crippen LogP contribution in [0.4, 0.5) is 0 Å². The maximum absolute atomic E-state index is 13.0. The molecule has 2 aromatic carbocycles. The molecule has 38 heavy (non-hydrogen) atoms. The van der Waals surface area contributed by atoms with E-state index < -0.39 is 10.8 Å². The first-order valence-electron chi connectivity index (χ1n) is 12.7. The van der Waals surface area contributed by atoms with Crippen LogP contribution in [-0.4, -0.2) is 46.9 Å². The normalized spacial score (nSPS) is 16.9. The molecule has 3 aromatic rings. The minimum Gasteiger partial charge on any atom is -0.369 e. The molecule has 6 nitrogen and oxygen atoms in total. The first kappa shape index (κ1) is 28.0. The molecule has 1 amide bonds. The number of piperidine rings is 1. The van der Waals surface area contributed by atoms with E-state index in [1.54, 1.807) is 30.5 Å². The van der Waals surface area contributed by atoms with Crippen molar-refractivity contribution in [2.45, 2.75) is 43.4 Å². The zero-order valence-electron chi connectivity index (χ0n) is 21.4. The summed E-state index contributed by atoms with van der Waals surface area (Å²) in [5, 5.41) is 9.53. The van der Waals surface area contributed by atoms with Crippen LogP contribution in [0.3, 0.4) is 0 Å². The van der Waals surface area contributed by atoms with Crippen LogP contribution in [-0.2, 0) is 15.6 Å². The number of aromatic nitrogens is 1. The van der Waals surface area contributed by atoms with Gasteiger partial charge in [-0.3, -0.25) is 14.6 Å². The van der Waals surface area contributed by atoms with Crippen LogP contribution in [0.1, 0.15) is 54.2 Å². The molecule has 0 radical (unpaired) electrons. The third-order valence-electron chi connectivity index (χ3n) is 7.84. The summed E-state index contributed by atoms with van der Waals surface area (Å²) >= 11 is 12.6. The molecule has 0 saturated carbocycles. The highest BCUT2D eigenvalue weighted by Gasteiger charge is 2.42. The molecule has 1 aromatic heterocycles. The fourth-order valence-corrected chi connectivity index (χ4v) is 5.62. The van der Waals surface area contributed by atoms with E-state index in [4.69, 9.17) is 34.3 Å². The molecule has 2 heterocycles. The van der Waals surface area contributed by atoms with Gasteiger partial charge in [0.1, 0.15) is 5.69 Å². The highest BCUT2D eigenvalue weighted by molar-refractivity contribution is 6.44. The van der Waals surface area contributed by atoms with Crippen molar-refractivity contribution in [3.05, 3.63) is 99.8 Å². The SMILES string of the molecule is CC(CCN1CCC(C(N)=O)(c2ccccc2)CC1)(CC(=N)C(=O)c1ccccn1)c1ccc(Cl)c(Cl)c1. The summed E-state index contributed by atoms with van der Waals surface area (Å²) in [7, 11) is 0. The average Bonchev–Trinajstić information content (AvgIpc) is 2.94. The van der Waals surface area contributed by atoms with E-state index in [1.165, 1.54) is 0 Å². The van der Waals surface area contributed by atoms with Gasteiger partial charge in [-0.2, -0.15) is 0 Å². The molecule has 8 heteroatoms. The number of Topliss-reactive ketones (excluding diaryl/α,β-unsaturated/α-hetero) is 1. The number of benzene rings is 2. The first-order valence-corrected chi connectivity index (χ1v) is 13.5. The molecular formula is C30H32Cl2N4O2. The van der Waals surface area contributed by atoms with Crippen LogP contribution in [0.5, 0.6) is 0 Å². The molecule has 1 atom stereocenters. The second-order valence-electron chi connectivity index (χ2n) is 10.3. The fraction of sp³-hybridized carbons (Fsp3) is 0.333. The molecule has 3 N–H and O–H groups in total. The van der Waals surface area contributed by atoms with Crippen molar-refractivity contribution < 1.29 is 9.59 Å². The third-order valence-corrected chi connectivity index (χ3v) is 8.58. The van der Waals surface area contributed by atoms with E-state index in [9.17, 15) is 9.59 Å². The van der Waals surface area contributed by atoms with Gasteiger partial charge in [-0.25, -0.2) is 0 Å². The Morgan fingerprint density at radius 3 is 2.32 bits per heavy atom. The lowest BCUT2D eigenvalue weighted by Crippen LogP contribution is -2.50. The maximum Gasteiger partial charge on any atom is 0.228 e. The van der Waals surface area contributed by atoms with Crippen LogP contribution in [0, 0.1) is 5.41 Å². The van der Waals surface area contributed by atoms with Gasteiger partial charge < -0.3 is 16.0 Å². The highest BCUT2D eigenvalue weighted by atomic mass is 35.5. The van der Waals surface area contributed by atoms with Crippen LogP contribution in [0.2, 0.25) is 10.0 Å². The number of hydrogen-bond donors (Lipinski definition) is 2. The summed E-state index contributed by atoms with van der Waals surface area (Å²) in [4.78, 5) is 32.0. The number of rotatable bonds is 10. The van der Waals surface area contributed by atoms with Crippen molar-refractivity contribution in [1.29, 1.82) is 5.41 Å². The smallest absolute Gasteiger partial charge is 0.228 e. The molecule has 1 saturated heterocycles. The Morgan fingerprint density at radius 2 is 1.71 bits per heavy atom. The molecule has 1 aliphatic rings. The van der Waals surface area contributed by atoms with E-state index in [-0.39, 0.29) is 29.5 Å². The van der Waals surface area contributed by atoms with Crippen LogP contribution >= 0.6 is 23.2 Å². The van der Waals surface area contributed by atoms with Crippen molar-refractivity contribution >= 4 is 40.6 Å². The number of nitrogens with one attached hydrogen (secondary N) is 1. The number of likely N-dealkylation sites (tertiary alicyclic amines) is 1. The Morgan fingerprint density at radius 1 is 1.03 bits per heavy atom. The van der Waals surface area contributed by atoms with Crippen LogP contribution < -0.4 is 5.73 Å². The second-order valence-corrected chi connectivity index (χ2v) is 11.1. The van der Waals surface area contributed by atoms with Gasteiger partial charge in [0.25, 0.3) is 0 Å². The number of amides is 1. The van der Waals surface area contributed by atoms with Crippen molar-refractivity contribution in [3.8, 4) is 0 Å². The monoisotopic (exact) mass is 550 g/mol. The minimum atomic E-state index is -0.665. The fourth-order valence-electron chi connectivity index (χ4n) is 5.33. The van der Waals surface area contributed by atoms with Gasteiger partial charge in [-0.1, -0.05) is 72.6 Å². The van der Waals surface area contributed by atoms with Crippen molar-refractivity contribution in [2.75, 3.05) is 19.6 Å². The van der Waals surface area contributed by atoms with Gasteiger partial charge >= 0.3 is 0 Å². The first-order chi connectivity index (χ1) is 18.1. The molecule has 1 unspecified atom stereocenters. The van der Waals surface area contributed by atoms with Crippen LogP contribution in [0.25, 0.3) is 0 Å². The van der Waals surface area contributed by atoms with Gasteiger partial charge in [0.05, 0.1) is 21.2 Å². The maximum atomic E-state index is 13.0. The predicted octanol–water partition coefficient (Wildman–Crippen LogP) is 5.85. The van der Waals surface area contributed by atoms with E-state index in [2.05, 4.69) is 16.8 Å². The lowest BCUT2D eigenvalue weighted by atomic mass is 9.71. The summed E-state index contributed by atoms with van der Waals surface area (Å²) < 4.78 is 0. The molecule has 0 aliphatic carbocycles. The molecule has 1 fully saturated rings. The Hall–Kier alpha value is -3.06. The lowest BCUT2D eigenvalue weighted by molar-refractivity contribution is -0.125. The summed E-state index contributed by atoms with van der Waals surface area (Å²) in [5.41, 5.74) is 6.84. The minimum absolute atomic E-state index is 0.00672. The summed E-state index contributed by atoms with van der Waals surface area (Å²) in [6.07, 6.45) is 3.74. The van der Waals surface area contributed by atoms with E-state index in [0.29, 0.717) is 29.3 Å². The van der Waals surface area contributed by atoms with Gasteiger partial charge in [-0.15, -0.1) is 0 Å². The Bertz CT molecular complexity index is 1310. The second kappa shape index (κ2) is 11.8. The number of ketones is 1. The van der Waals surface area contributed by atoms with Gasteiger partial charge in [0.15, 0.2) is 0 Å². The van der Waals surface area contributed by atoms with Gasteiger partial charge in [0.2, 0.25) is 11.7 Å². The Balaban J connectivity index is 1.51. The highest BCUT2D eigenvalue weighted by Crippen LogP contribution is 2.38.